The molecule has 6 heteroatoms. The fourth-order valence-corrected chi connectivity index (χ4v) is 3.96. The van der Waals surface area contributed by atoms with Gasteiger partial charge in [0, 0.05) is 11.7 Å². The van der Waals surface area contributed by atoms with Gasteiger partial charge in [0.05, 0.1) is 24.4 Å². The number of fused-ring (bicyclic) bond motifs is 1. The number of hydrogen-bond acceptors (Lipinski definition) is 5. The fraction of sp³-hybridized carbons (Fsp3) is 0.800. The van der Waals surface area contributed by atoms with Crippen LogP contribution in [0.5, 0.6) is 0 Å². The molecule has 0 bridgehead atoms. The number of nitrogens with one attached hydrogen (secondary N) is 2. The molecule has 2 atom stereocenters. The molecule has 5 nitrogen and oxygen atoms in total. The maximum absolute atomic E-state index is 6.22. The molecule has 0 aromatic carbocycles. The lowest BCUT2D eigenvalue weighted by Crippen LogP contribution is -2.42. The van der Waals surface area contributed by atoms with Crippen LogP contribution in [0.25, 0.3) is 0 Å². The van der Waals surface area contributed by atoms with E-state index in [1.807, 2.05) is 0 Å². The lowest BCUT2D eigenvalue weighted by molar-refractivity contribution is 0.00324. The van der Waals surface area contributed by atoms with Gasteiger partial charge in [0.25, 0.3) is 0 Å². The van der Waals surface area contributed by atoms with Crippen molar-refractivity contribution in [2.45, 2.75) is 50.8 Å². The van der Waals surface area contributed by atoms with Gasteiger partial charge in [-0.3, -0.25) is 9.40 Å². The standard InChI is InChI=1S/C15H26N4OS/c1-11-9-12-3-4-14(18-21-2)15(19(12)17-11)10-20-13-5-7-16-8-6-13/h9,13-16,18H,3-8,10H2,1-2H3. The number of ether oxygens (including phenoxy) is 1. The maximum Gasteiger partial charge on any atom is 0.0917 e. The number of aryl methyl sites for hydroxylation is 2. The van der Waals surface area contributed by atoms with Gasteiger partial charge < -0.3 is 10.1 Å². The lowest BCUT2D eigenvalue weighted by Gasteiger charge is -2.34. The van der Waals surface area contributed by atoms with Crippen LogP contribution in [0.4, 0.5) is 0 Å². The van der Waals surface area contributed by atoms with E-state index in [1.165, 1.54) is 5.69 Å². The Bertz CT molecular complexity index is 459. The van der Waals surface area contributed by atoms with E-state index in [2.05, 4.69) is 34.0 Å². The minimum absolute atomic E-state index is 0.310. The van der Waals surface area contributed by atoms with Gasteiger partial charge >= 0.3 is 0 Å². The molecular weight excluding hydrogens is 284 g/mol. The van der Waals surface area contributed by atoms with Crippen molar-refractivity contribution in [2.24, 2.45) is 0 Å². The summed E-state index contributed by atoms with van der Waals surface area (Å²) in [7, 11) is 0. The van der Waals surface area contributed by atoms with E-state index < -0.39 is 0 Å². The zero-order valence-corrected chi connectivity index (χ0v) is 13.8. The fourth-order valence-electron chi connectivity index (χ4n) is 3.38. The van der Waals surface area contributed by atoms with Crippen molar-refractivity contribution < 1.29 is 4.74 Å². The first-order valence-corrected chi connectivity index (χ1v) is 9.16. The Morgan fingerprint density at radius 3 is 3.00 bits per heavy atom. The van der Waals surface area contributed by atoms with Gasteiger partial charge in [0.15, 0.2) is 0 Å². The number of nitrogens with zero attached hydrogens (tertiary/aromatic N) is 2. The number of piperidine rings is 1. The summed E-state index contributed by atoms with van der Waals surface area (Å²) >= 11 is 1.70. The normalized spacial score (nSPS) is 26.8. The molecule has 21 heavy (non-hydrogen) atoms. The summed E-state index contributed by atoms with van der Waals surface area (Å²) in [4.78, 5) is 0. The Morgan fingerprint density at radius 2 is 2.24 bits per heavy atom. The predicted molar refractivity (Wildman–Crippen MR) is 86.6 cm³/mol. The third kappa shape index (κ3) is 3.62. The van der Waals surface area contributed by atoms with Crippen LogP contribution in [-0.2, 0) is 11.2 Å². The molecule has 2 unspecified atom stereocenters. The maximum atomic E-state index is 6.22. The van der Waals surface area contributed by atoms with Crippen LogP contribution >= 0.6 is 11.9 Å². The number of rotatable bonds is 5. The van der Waals surface area contributed by atoms with Crippen LogP contribution in [-0.4, -0.2) is 47.9 Å². The lowest BCUT2D eigenvalue weighted by atomic mass is 9.98. The van der Waals surface area contributed by atoms with E-state index in [-0.39, 0.29) is 0 Å². The van der Waals surface area contributed by atoms with Crippen molar-refractivity contribution in [3.8, 4) is 0 Å². The molecule has 1 aromatic heterocycles. The summed E-state index contributed by atoms with van der Waals surface area (Å²) in [6, 6.07) is 2.96. The van der Waals surface area contributed by atoms with Gasteiger partial charge in [0.1, 0.15) is 0 Å². The molecule has 0 amide bonds. The van der Waals surface area contributed by atoms with Crippen LogP contribution < -0.4 is 10.0 Å². The van der Waals surface area contributed by atoms with Gasteiger partial charge in [-0.15, -0.1) is 0 Å². The second kappa shape index (κ2) is 7.13. The summed E-state index contributed by atoms with van der Waals surface area (Å²) in [5.41, 5.74) is 2.47. The Labute approximate surface area is 131 Å². The third-order valence-corrected chi connectivity index (χ3v) is 5.02. The minimum atomic E-state index is 0.310. The Kier molecular flexibility index (Phi) is 5.21. The molecule has 3 rings (SSSR count). The predicted octanol–water partition coefficient (Wildman–Crippen LogP) is 1.68. The van der Waals surface area contributed by atoms with Crippen molar-refractivity contribution in [3.05, 3.63) is 17.5 Å². The number of hydrogen-bond donors (Lipinski definition) is 2. The van der Waals surface area contributed by atoms with E-state index in [0.29, 0.717) is 18.2 Å². The van der Waals surface area contributed by atoms with Crippen LogP contribution in [0, 0.1) is 6.92 Å². The monoisotopic (exact) mass is 310 g/mol. The molecule has 118 valence electrons. The summed E-state index contributed by atoms with van der Waals surface area (Å²) in [5, 5.41) is 8.09. The molecule has 1 saturated heterocycles. The molecule has 0 radical (unpaired) electrons. The van der Waals surface area contributed by atoms with Gasteiger partial charge in [-0.2, -0.15) is 5.10 Å². The molecule has 0 saturated carbocycles. The first kappa shape index (κ1) is 15.3. The van der Waals surface area contributed by atoms with Crippen molar-refractivity contribution in [2.75, 3.05) is 26.0 Å². The van der Waals surface area contributed by atoms with E-state index >= 15 is 0 Å². The minimum Gasteiger partial charge on any atom is -0.376 e. The highest BCUT2D eigenvalue weighted by atomic mass is 32.2. The van der Waals surface area contributed by atoms with E-state index in [9.17, 15) is 0 Å². The zero-order chi connectivity index (χ0) is 14.7. The van der Waals surface area contributed by atoms with Crippen LogP contribution in [0.2, 0.25) is 0 Å². The Hall–Kier alpha value is -0.560. The smallest absolute Gasteiger partial charge is 0.0917 e. The van der Waals surface area contributed by atoms with Crippen LogP contribution in [0.15, 0.2) is 6.07 Å². The van der Waals surface area contributed by atoms with Crippen molar-refractivity contribution in [1.82, 2.24) is 19.8 Å². The van der Waals surface area contributed by atoms with Crippen LogP contribution in [0.3, 0.4) is 0 Å². The first-order chi connectivity index (χ1) is 10.3. The second-order valence-electron chi connectivity index (χ2n) is 6.04. The highest BCUT2D eigenvalue weighted by Crippen LogP contribution is 2.27. The molecule has 3 heterocycles. The molecule has 2 aliphatic heterocycles. The first-order valence-electron chi connectivity index (χ1n) is 7.94. The summed E-state index contributed by atoms with van der Waals surface area (Å²) in [6.45, 7) is 4.99. The summed E-state index contributed by atoms with van der Waals surface area (Å²) in [6.07, 6.45) is 7.00. The molecular formula is C15H26N4OS. The zero-order valence-electron chi connectivity index (χ0n) is 13.0. The van der Waals surface area contributed by atoms with Crippen LogP contribution in [0.1, 0.15) is 36.7 Å². The van der Waals surface area contributed by atoms with Gasteiger partial charge in [-0.25, -0.2) is 0 Å². The molecule has 2 aliphatic rings. The average molecular weight is 310 g/mol. The van der Waals surface area contributed by atoms with E-state index in [0.717, 1.165) is 51.1 Å². The Balaban J connectivity index is 1.68. The third-order valence-electron chi connectivity index (χ3n) is 4.48. The molecule has 2 N–H and O–H groups in total. The Morgan fingerprint density at radius 1 is 1.43 bits per heavy atom. The summed E-state index contributed by atoms with van der Waals surface area (Å²) in [5.74, 6) is 0. The highest BCUT2D eigenvalue weighted by Gasteiger charge is 2.31. The van der Waals surface area contributed by atoms with Crippen molar-refractivity contribution >= 4 is 11.9 Å². The highest BCUT2D eigenvalue weighted by molar-refractivity contribution is 7.96. The van der Waals surface area contributed by atoms with Gasteiger partial charge in [-0.1, -0.05) is 11.9 Å². The molecule has 0 aliphatic carbocycles. The number of aromatic nitrogens is 2. The average Bonchev–Trinajstić information content (AvgIpc) is 2.88. The SMILES string of the molecule is CSNC1CCc2cc(C)nn2C1COC1CCNCC1. The summed E-state index contributed by atoms with van der Waals surface area (Å²) < 4.78 is 12.0. The van der Waals surface area contributed by atoms with Gasteiger partial charge in [0.2, 0.25) is 0 Å². The second-order valence-corrected chi connectivity index (χ2v) is 6.68. The van der Waals surface area contributed by atoms with E-state index in [4.69, 9.17) is 9.84 Å². The largest absolute Gasteiger partial charge is 0.376 e. The van der Waals surface area contributed by atoms with E-state index in [1.54, 1.807) is 11.9 Å². The van der Waals surface area contributed by atoms with Gasteiger partial charge in [-0.05, 0) is 58.0 Å². The topological polar surface area (TPSA) is 51.1 Å². The molecule has 1 fully saturated rings. The van der Waals surface area contributed by atoms with Crippen molar-refractivity contribution in [1.29, 1.82) is 0 Å². The molecule has 1 aromatic rings. The quantitative estimate of drug-likeness (QED) is 0.811. The molecule has 0 spiro atoms. The van der Waals surface area contributed by atoms with Crippen molar-refractivity contribution in [3.63, 3.8) is 0 Å².